The summed E-state index contributed by atoms with van der Waals surface area (Å²) in [5.74, 6) is 0.124. The van der Waals surface area contributed by atoms with E-state index in [0.29, 0.717) is 16.5 Å². The topological polar surface area (TPSA) is 72.5 Å². The average molecular weight is 342 g/mol. The van der Waals surface area contributed by atoms with Crippen LogP contribution < -0.4 is 10.5 Å². The first-order chi connectivity index (χ1) is 11.5. The summed E-state index contributed by atoms with van der Waals surface area (Å²) in [5, 5.41) is 11.4. The summed E-state index contributed by atoms with van der Waals surface area (Å²) in [4.78, 5) is 10.9. The number of aliphatic carboxylic acids is 1. The van der Waals surface area contributed by atoms with Gasteiger partial charge < -0.3 is 15.6 Å². The summed E-state index contributed by atoms with van der Waals surface area (Å²) >= 11 is 6.22. The molecule has 4 nitrogen and oxygen atoms in total. The molecule has 1 atom stereocenters. The molecule has 3 aromatic rings. The third kappa shape index (κ3) is 3.50. The van der Waals surface area contributed by atoms with Gasteiger partial charge in [-0.15, -0.1) is 0 Å². The first-order valence-corrected chi connectivity index (χ1v) is 7.85. The maximum absolute atomic E-state index is 10.9. The van der Waals surface area contributed by atoms with Crippen LogP contribution in [0, 0.1) is 0 Å². The van der Waals surface area contributed by atoms with Gasteiger partial charge in [-0.25, -0.2) is 0 Å². The van der Waals surface area contributed by atoms with Crippen molar-refractivity contribution in [3.63, 3.8) is 0 Å². The fourth-order valence-electron chi connectivity index (χ4n) is 2.50. The van der Waals surface area contributed by atoms with Crippen molar-refractivity contribution in [3.8, 4) is 11.5 Å². The monoisotopic (exact) mass is 341 g/mol. The molecular formula is C19H16ClNO3. The van der Waals surface area contributed by atoms with E-state index in [1.807, 2.05) is 42.5 Å². The van der Waals surface area contributed by atoms with Crippen molar-refractivity contribution in [3.05, 3.63) is 71.2 Å². The first kappa shape index (κ1) is 16.3. The number of carboxylic acids is 1. The van der Waals surface area contributed by atoms with Crippen molar-refractivity contribution in [2.45, 2.75) is 12.5 Å². The fourth-order valence-corrected chi connectivity index (χ4v) is 2.65. The highest BCUT2D eigenvalue weighted by Gasteiger charge is 2.14. The van der Waals surface area contributed by atoms with Crippen LogP contribution in [0.5, 0.6) is 11.5 Å². The number of nitrogens with two attached hydrogens (primary N) is 1. The van der Waals surface area contributed by atoms with Crippen LogP contribution in [-0.4, -0.2) is 17.1 Å². The third-order valence-electron chi connectivity index (χ3n) is 3.74. The Labute approximate surface area is 144 Å². The van der Waals surface area contributed by atoms with Crippen molar-refractivity contribution < 1.29 is 14.6 Å². The lowest BCUT2D eigenvalue weighted by molar-refractivity contribution is -0.138. The quantitative estimate of drug-likeness (QED) is 0.728. The van der Waals surface area contributed by atoms with Crippen LogP contribution in [0.25, 0.3) is 10.8 Å². The molecule has 0 bridgehead atoms. The van der Waals surface area contributed by atoms with Gasteiger partial charge >= 0.3 is 5.97 Å². The smallest absolute Gasteiger partial charge is 0.320 e. The van der Waals surface area contributed by atoms with E-state index in [1.54, 1.807) is 18.2 Å². The fraction of sp³-hybridized carbons (Fsp3) is 0.105. The Hall–Kier alpha value is -2.56. The Morgan fingerprint density at radius 2 is 1.83 bits per heavy atom. The summed E-state index contributed by atoms with van der Waals surface area (Å²) < 4.78 is 5.98. The predicted molar refractivity (Wildman–Crippen MR) is 94.8 cm³/mol. The molecular weight excluding hydrogens is 326 g/mol. The zero-order valence-electron chi connectivity index (χ0n) is 12.8. The molecule has 0 heterocycles. The number of halogens is 1. The van der Waals surface area contributed by atoms with Crippen LogP contribution >= 0.6 is 11.6 Å². The van der Waals surface area contributed by atoms with Crippen LogP contribution in [0.3, 0.4) is 0 Å². The van der Waals surface area contributed by atoms with E-state index in [-0.39, 0.29) is 6.42 Å². The Balaban J connectivity index is 1.93. The van der Waals surface area contributed by atoms with E-state index in [9.17, 15) is 4.79 Å². The molecule has 0 saturated heterocycles. The molecule has 0 radical (unpaired) electrons. The normalized spacial score (nSPS) is 12.1. The highest BCUT2D eigenvalue weighted by atomic mass is 35.5. The third-order valence-corrected chi connectivity index (χ3v) is 4.05. The van der Waals surface area contributed by atoms with Gasteiger partial charge in [0.15, 0.2) is 0 Å². The second-order valence-corrected chi connectivity index (χ2v) is 5.90. The lowest BCUT2D eigenvalue weighted by Crippen LogP contribution is -2.32. The van der Waals surface area contributed by atoms with Crippen molar-refractivity contribution in [2.75, 3.05) is 0 Å². The van der Waals surface area contributed by atoms with Crippen molar-refractivity contribution in [1.29, 1.82) is 0 Å². The summed E-state index contributed by atoms with van der Waals surface area (Å²) in [5.41, 5.74) is 6.34. The molecule has 1 unspecified atom stereocenters. The molecule has 0 aromatic heterocycles. The Kier molecular flexibility index (Phi) is 4.69. The number of fused-ring (bicyclic) bond motifs is 1. The van der Waals surface area contributed by atoms with Gasteiger partial charge in [0.2, 0.25) is 0 Å². The molecule has 3 rings (SSSR count). The van der Waals surface area contributed by atoms with Gasteiger partial charge in [-0.05, 0) is 35.6 Å². The standard InChI is InChI=1S/C19H16ClNO3/c20-15-9-8-12(10-16(21)19(22)23)11-18(15)24-17-7-3-5-13-4-1-2-6-14(13)17/h1-9,11,16H,10,21H2,(H,22,23). The maximum Gasteiger partial charge on any atom is 0.320 e. The molecule has 0 aliphatic carbocycles. The Bertz CT molecular complexity index is 889. The highest BCUT2D eigenvalue weighted by Crippen LogP contribution is 2.34. The maximum atomic E-state index is 10.9. The van der Waals surface area contributed by atoms with Gasteiger partial charge in [-0.1, -0.05) is 54.1 Å². The molecule has 0 aliphatic rings. The Morgan fingerprint density at radius 1 is 1.08 bits per heavy atom. The minimum absolute atomic E-state index is 0.207. The summed E-state index contributed by atoms with van der Waals surface area (Å²) in [6.45, 7) is 0. The van der Waals surface area contributed by atoms with Gasteiger partial charge in [0.1, 0.15) is 17.5 Å². The molecule has 3 aromatic carbocycles. The molecule has 0 amide bonds. The molecule has 3 N–H and O–H groups in total. The molecule has 122 valence electrons. The largest absolute Gasteiger partial charge is 0.480 e. The zero-order chi connectivity index (χ0) is 17.1. The zero-order valence-corrected chi connectivity index (χ0v) is 13.5. The first-order valence-electron chi connectivity index (χ1n) is 7.47. The summed E-state index contributed by atoms with van der Waals surface area (Å²) in [6.07, 6.45) is 0.207. The van der Waals surface area contributed by atoms with Crippen molar-refractivity contribution in [1.82, 2.24) is 0 Å². The number of hydrogen-bond acceptors (Lipinski definition) is 3. The Morgan fingerprint density at radius 3 is 2.62 bits per heavy atom. The highest BCUT2D eigenvalue weighted by molar-refractivity contribution is 6.32. The lowest BCUT2D eigenvalue weighted by Gasteiger charge is -2.13. The average Bonchev–Trinajstić information content (AvgIpc) is 2.58. The minimum atomic E-state index is -1.04. The molecule has 0 saturated carbocycles. The van der Waals surface area contributed by atoms with Crippen molar-refractivity contribution in [2.24, 2.45) is 5.73 Å². The van der Waals surface area contributed by atoms with Crippen molar-refractivity contribution >= 4 is 28.3 Å². The van der Waals surface area contributed by atoms with E-state index >= 15 is 0 Å². The van der Waals surface area contributed by atoms with Gasteiger partial charge in [-0.2, -0.15) is 0 Å². The predicted octanol–water partition coefficient (Wildman–Crippen LogP) is 4.24. The molecule has 0 fully saturated rings. The van der Waals surface area contributed by atoms with Crippen LogP contribution in [0.4, 0.5) is 0 Å². The van der Waals surface area contributed by atoms with Gasteiger partial charge in [0.25, 0.3) is 0 Å². The molecule has 0 spiro atoms. The van der Waals surface area contributed by atoms with Crippen LogP contribution in [-0.2, 0) is 11.2 Å². The van der Waals surface area contributed by atoms with Crippen LogP contribution in [0.2, 0.25) is 5.02 Å². The second kappa shape index (κ2) is 6.91. The lowest BCUT2D eigenvalue weighted by atomic mass is 10.1. The molecule has 5 heteroatoms. The minimum Gasteiger partial charge on any atom is -0.480 e. The summed E-state index contributed by atoms with van der Waals surface area (Å²) in [6, 6.07) is 17.9. The van der Waals surface area contributed by atoms with Gasteiger partial charge in [-0.3, -0.25) is 4.79 Å². The number of benzene rings is 3. The van der Waals surface area contributed by atoms with E-state index in [4.69, 9.17) is 27.2 Å². The van der Waals surface area contributed by atoms with Gasteiger partial charge in [0, 0.05) is 5.39 Å². The van der Waals surface area contributed by atoms with E-state index in [2.05, 4.69) is 0 Å². The van der Waals surface area contributed by atoms with Gasteiger partial charge in [0.05, 0.1) is 5.02 Å². The molecule has 0 aliphatic heterocycles. The van der Waals surface area contributed by atoms with E-state index < -0.39 is 12.0 Å². The number of carbonyl (C=O) groups is 1. The number of carboxylic acid groups (broad SMARTS) is 1. The number of ether oxygens (including phenoxy) is 1. The van der Waals surface area contributed by atoms with E-state index in [1.165, 1.54) is 0 Å². The SMILES string of the molecule is NC(Cc1ccc(Cl)c(Oc2cccc3ccccc23)c1)C(=O)O. The number of rotatable bonds is 5. The van der Waals surface area contributed by atoms with Crippen LogP contribution in [0.1, 0.15) is 5.56 Å². The number of hydrogen-bond donors (Lipinski definition) is 2. The molecule has 24 heavy (non-hydrogen) atoms. The summed E-state index contributed by atoms with van der Waals surface area (Å²) in [7, 11) is 0. The van der Waals surface area contributed by atoms with Crippen LogP contribution in [0.15, 0.2) is 60.7 Å². The second-order valence-electron chi connectivity index (χ2n) is 5.49. The van der Waals surface area contributed by atoms with E-state index in [0.717, 1.165) is 16.3 Å².